The highest BCUT2D eigenvalue weighted by molar-refractivity contribution is 7.84. The highest BCUT2D eigenvalue weighted by Crippen LogP contribution is 2.45. The zero-order valence-electron chi connectivity index (χ0n) is 23.6. The van der Waals surface area contributed by atoms with Gasteiger partial charge in [-0.3, -0.25) is 5.14 Å². The van der Waals surface area contributed by atoms with E-state index >= 15 is 0 Å². The average molecular weight is 569 g/mol. The normalized spacial score (nSPS) is 22.6. The molecule has 0 spiro atoms. The van der Waals surface area contributed by atoms with Gasteiger partial charge in [0.2, 0.25) is 5.92 Å². The van der Waals surface area contributed by atoms with Crippen molar-refractivity contribution >= 4 is 30.1 Å². The van der Waals surface area contributed by atoms with Gasteiger partial charge in [-0.1, -0.05) is 25.7 Å². The van der Waals surface area contributed by atoms with E-state index in [4.69, 9.17) is 20.6 Å². The van der Waals surface area contributed by atoms with Crippen molar-refractivity contribution in [1.82, 2.24) is 9.55 Å². The van der Waals surface area contributed by atoms with Crippen LogP contribution in [0.3, 0.4) is 0 Å². The summed E-state index contributed by atoms with van der Waals surface area (Å²) in [5.41, 5.74) is 9.44. The maximum absolute atomic E-state index is 14.1. The molecule has 1 unspecified atom stereocenters. The van der Waals surface area contributed by atoms with Crippen LogP contribution in [0.1, 0.15) is 82.1 Å². The van der Waals surface area contributed by atoms with Gasteiger partial charge in [-0.2, -0.15) is 0 Å². The molecule has 2 fully saturated rings. The summed E-state index contributed by atoms with van der Waals surface area (Å²) in [4.78, 5) is 5.05. The fourth-order valence-corrected chi connectivity index (χ4v) is 6.80. The highest BCUT2D eigenvalue weighted by Gasteiger charge is 2.42. The first-order valence-electron chi connectivity index (χ1n) is 14.0. The topological polar surface area (TPSA) is 96.2 Å². The van der Waals surface area contributed by atoms with E-state index < -0.39 is 29.7 Å². The van der Waals surface area contributed by atoms with Crippen LogP contribution in [0.5, 0.6) is 0 Å². The Morgan fingerprint density at radius 3 is 2.55 bits per heavy atom. The number of ether oxygens (including phenoxy) is 1. The van der Waals surface area contributed by atoms with E-state index in [2.05, 4.69) is 36.3 Å². The summed E-state index contributed by atoms with van der Waals surface area (Å²) >= 11 is 0. The SMILES string of the molecule is CC(C)(C[C@H](C[C@H]1CCC(F)(F)C1)c1nc2ccc([C@H](N)C3CC3)cc2n1COCC[Si](C)(C)C)S(N)=O. The molecule has 6 nitrogen and oxygen atoms in total. The minimum absolute atomic E-state index is 0.00544. The summed E-state index contributed by atoms with van der Waals surface area (Å²) in [6.07, 6.45) is 3.67. The van der Waals surface area contributed by atoms with Gasteiger partial charge < -0.3 is 15.0 Å². The van der Waals surface area contributed by atoms with E-state index in [0.29, 0.717) is 38.5 Å². The van der Waals surface area contributed by atoms with Crippen molar-refractivity contribution in [1.29, 1.82) is 0 Å². The van der Waals surface area contributed by atoms with E-state index in [1.807, 2.05) is 19.9 Å². The van der Waals surface area contributed by atoms with Crippen LogP contribution in [-0.4, -0.2) is 39.1 Å². The first-order chi connectivity index (χ1) is 17.7. The lowest BCUT2D eigenvalue weighted by Gasteiger charge is -2.29. The van der Waals surface area contributed by atoms with Crippen molar-refractivity contribution < 1.29 is 17.7 Å². The molecule has 38 heavy (non-hydrogen) atoms. The zero-order valence-corrected chi connectivity index (χ0v) is 25.5. The molecule has 2 saturated carbocycles. The van der Waals surface area contributed by atoms with E-state index in [1.54, 1.807) is 0 Å². The Morgan fingerprint density at radius 2 is 1.97 bits per heavy atom. The van der Waals surface area contributed by atoms with Crippen LogP contribution in [0.2, 0.25) is 25.7 Å². The second kappa shape index (κ2) is 11.3. The van der Waals surface area contributed by atoms with Gasteiger partial charge in [0.15, 0.2) is 0 Å². The Labute approximate surface area is 229 Å². The molecule has 214 valence electrons. The van der Waals surface area contributed by atoms with Crippen molar-refractivity contribution in [3.63, 3.8) is 0 Å². The number of imidazole rings is 1. The van der Waals surface area contributed by atoms with Crippen LogP contribution in [0.25, 0.3) is 11.0 Å². The maximum atomic E-state index is 14.1. The lowest BCUT2D eigenvalue weighted by atomic mass is 9.86. The first-order valence-corrected chi connectivity index (χ1v) is 18.9. The number of rotatable bonds is 13. The molecule has 4 N–H and O–H groups in total. The molecular weight excluding hydrogens is 522 g/mol. The summed E-state index contributed by atoms with van der Waals surface area (Å²) in [6.45, 7) is 11.7. The fourth-order valence-electron chi connectivity index (χ4n) is 5.68. The zero-order chi connectivity index (χ0) is 27.9. The van der Waals surface area contributed by atoms with Crippen molar-refractivity contribution in [2.45, 2.75) is 114 Å². The number of nitrogens with zero attached hydrogens (tertiary/aromatic N) is 2. The molecule has 1 aromatic heterocycles. The quantitative estimate of drug-likeness (QED) is 0.214. The van der Waals surface area contributed by atoms with Gasteiger partial charge in [0.05, 0.1) is 26.8 Å². The molecule has 2 aliphatic carbocycles. The lowest BCUT2D eigenvalue weighted by molar-refractivity contribution is 0.00427. The van der Waals surface area contributed by atoms with Gasteiger partial charge in [-0.25, -0.2) is 18.0 Å². The summed E-state index contributed by atoms with van der Waals surface area (Å²) in [6, 6.07) is 7.25. The van der Waals surface area contributed by atoms with Crippen LogP contribution >= 0.6 is 0 Å². The predicted octanol–water partition coefficient (Wildman–Crippen LogP) is 6.46. The van der Waals surface area contributed by atoms with Gasteiger partial charge in [-0.15, -0.1) is 0 Å². The summed E-state index contributed by atoms with van der Waals surface area (Å²) < 4.78 is 48.3. The van der Waals surface area contributed by atoms with E-state index in [9.17, 15) is 13.0 Å². The molecule has 10 heteroatoms. The van der Waals surface area contributed by atoms with Gasteiger partial charge in [-0.05, 0) is 81.5 Å². The number of halogens is 2. The Balaban J connectivity index is 1.71. The molecule has 2 aromatic rings. The van der Waals surface area contributed by atoms with Crippen molar-refractivity contribution in [2.24, 2.45) is 22.7 Å². The molecular formula is C28H46F2N4O2SSi. The van der Waals surface area contributed by atoms with Gasteiger partial charge in [0.25, 0.3) is 0 Å². The third-order valence-electron chi connectivity index (χ3n) is 8.30. The number of nitrogens with two attached hydrogens (primary N) is 2. The van der Waals surface area contributed by atoms with Gasteiger partial charge in [0, 0.05) is 39.5 Å². The minimum atomic E-state index is -2.62. The molecule has 0 radical (unpaired) electrons. The van der Waals surface area contributed by atoms with Crippen molar-refractivity contribution in [3.05, 3.63) is 29.6 Å². The second-order valence-corrected chi connectivity index (χ2v) is 20.8. The first kappa shape index (κ1) is 29.8. The highest BCUT2D eigenvalue weighted by atomic mass is 32.2. The number of aromatic nitrogens is 2. The number of benzene rings is 1. The Hall–Kier alpha value is -1.20. The fraction of sp³-hybridized carbons (Fsp3) is 0.750. The Morgan fingerprint density at radius 1 is 1.26 bits per heavy atom. The van der Waals surface area contributed by atoms with Crippen LogP contribution in [0.4, 0.5) is 8.78 Å². The molecule has 4 rings (SSSR count). The Bertz CT molecular complexity index is 1150. The molecule has 0 aliphatic heterocycles. The molecule has 2 aliphatic rings. The molecule has 1 aromatic carbocycles. The number of hydrogen-bond acceptors (Lipinski definition) is 4. The largest absolute Gasteiger partial charge is 0.361 e. The molecule has 0 amide bonds. The second-order valence-electron chi connectivity index (χ2n) is 13.5. The number of hydrogen-bond donors (Lipinski definition) is 2. The van der Waals surface area contributed by atoms with Crippen LogP contribution < -0.4 is 10.9 Å². The predicted molar refractivity (Wildman–Crippen MR) is 154 cm³/mol. The third-order valence-corrected chi connectivity index (χ3v) is 11.3. The lowest BCUT2D eigenvalue weighted by Crippen LogP contribution is -2.34. The van der Waals surface area contributed by atoms with E-state index in [0.717, 1.165) is 41.3 Å². The smallest absolute Gasteiger partial charge is 0.248 e. The van der Waals surface area contributed by atoms with Crippen molar-refractivity contribution in [2.75, 3.05) is 6.61 Å². The van der Waals surface area contributed by atoms with Crippen molar-refractivity contribution in [3.8, 4) is 0 Å². The monoisotopic (exact) mass is 568 g/mol. The summed E-state index contributed by atoms with van der Waals surface area (Å²) in [7, 11) is -2.83. The van der Waals surface area contributed by atoms with Crippen LogP contribution in [-0.2, 0) is 22.5 Å². The summed E-state index contributed by atoms with van der Waals surface area (Å²) in [5, 5.41) is 5.88. The van der Waals surface area contributed by atoms with Gasteiger partial charge >= 0.3 is 0 Å². The number of alkyl halides is 2. The van der Waals surface area contributed by atoms with Crippen LogP contribution in [0.15, 0.2) is 18.2 Å². The third kappa shape index (κ3) is 7.50. The molecule has 4 atom stereocenters. The van der Waals surface area contributed by atoms with E-state index in [1.165, 1.54) is 0 Å². The van der Waals surface area contributed by atoms with Crippen LogP contribution in [0, 0.1) is 11.8 Å². The molecule has 1 heterocycles. The molecule has 0 bridgehead atoms. The van der Waals surface area contributed by atoms with E-state index in [-0.39, 0.29) is 30.7 Å². The summed E-state index contributed by atoms with van der Waals surface area (Å²) in [5.74, 6) is -1.58. The van der Waals surface area contributed by atoms with Gasteiger partial charge in [0.1, 0.15) is 12.6 Å². The Kier molecular flexibility index (Phi) is 8.89. The average Bonchev–Trinajstić information content (AvgIpc) is 3.51. The maximum Gasteiger partial charge on any atom is 0.248 e. The minimum Gasteiger partial charge on any atom is -0.361 e. The molecule has 0 saturated heterocycles. The standard InChI is InChI=1S/C28H46F2N4O2SSi/c1-27(2,37(32)35)17-22(14-19-10-11-28(29,30)16-19)26-33-23-9-8-21(25(31)20-6-7-20)15-24(23)34(26)18-36-12-13-38(3,4)5/h8-9,15,19-20,22,25H,6-7,10-14,16-18,31-32H2,1-5H3/t19-,22+,25-,37?/m1/s1. The number of fused-ring (bicyclic) bond motifs is 1.